The van der Waals surface area contributed by atoms with E-state index < -0.39 is 0 Å². The zero-order valence-corrected chi connectivity index (χ0v) is 12.1. The topological polar surface area (TPSA) is 23.6 Å². The molecule has 1 atom stereocenters. The molecule has 0 bridgehead atoms. The lowest BCUT2D eigenvalue weighted by Gasteiger charge is -2.38. The molecule has 0 spiro atoms. The van der Waals surface area contributed by atoms with E-state index in [1.165, 1.54) is 5.69 Å². The minimum atomic E-state index is -0.121. The zero-order chi connectivity index (χ0) is 14.5. The SMILES string of the molecule is O=CC(c1ccccc1)N1CCN(c2ccccc2)CC1. The summed E-state index contributed by atoms with van der Waals surface area (Å²) in [4.78, 5) is 16.1. The van der Waals surface area contributed by atoms with Gasteiger partial charge < -0.3 is 9.69 Å². The Morgan fingerprint density at radius 3 is 1.95 bits per heavy atom. The molecule has 3 rings (SSSR count). The van der Waals surface area contributed by atoms with Crippen molar-refractivity contribution in [1.29, 1.82) is 0 Å². The second-order valence-corrected chi connectivity index (χ2v) is 5.35. The Morgan fingerprint density at radius 1 is 0.810 bits per heavy atom. The molecule has 108 valence electrons. The molecule has 0 aliphatic carbocycles. The van der Waals surface area contributed by atoms with Gasteiger partial charge in [-0.3, -0.25) is 4.90 Å². The van der Waals surface area contributed by atoms with E-state index in [0.29, 0.717) is 0 Å². The van der Waals surface area contributed by atoms with Crippen LogP contribution in [0.2, 0.25) is 0 Å². The lowest BCUT2D eigenvalue weighted by Crippen LogP contribution is -2.48. The van der Waals surface area contributed by atoms with Crippen LogP contribution in [0.1, 0.15) is 11.6 Å². The predicted molar refractivity (Wildman–Crippen MR) is 85.5 cm³/mol. The highest BCUT2D eigenvalue weighted by molar-refractivity contribution is 5.61. The van der Waals surface area contributed by atoms with Crippen LogP contribution in [0, 0.1) is 0 Å². The van der Waals surface area contributed by atoms with E-state index in [1.807, 2.05) is 36.4 Å². The van der Waals surface area contributed by atoms with E-state index in [2.05, 4.69) is 34.1 Å². The smallest absolute Gasteiger partial charge is 0.141 e. The molecule has 1 aliphatic rings. The molecule has 0 saturated carbocycles. The molecule has 1 saturated heterocycles. The summed E-state index contributed by atoms with van der Waals surface area (Å²) in [7, 11) is 0. The Balaban J connectivity index is 1.66. The van der Waals surface area contributed by atoms with Gasteiger partial charge in [-0.25, -0.2) is 0 Å². The van der Waals surface area contributed by atoms with Gasteiger partial charge in [-0.15, -0.1) is 0 Å². The molecule has 1 fully saturated rings. The summed E-state index contributed by atoms with van der Waals surface area (Å²) in [6.45, 7) is 3.74. The number of hydrogen-bond acceptors (Lipinski definition) is 3. The molecule has 3 heteroatoms. The van der Waals surface area contributed by atoms with Crippen molar-refractivity contribution in [2.24, 2.45) is 0 Å². The Kier molecular flexibility index (Phi) is 4.31. The Labute approximate surface area is 125 Å². The zero-order valence-electron chi connectivity index (χ0n) is 12.1. The summed E-state index contributed by atoms with van der Waals surface area (Å²) in [6, 6.07) is 20.4. The number of rotatable bonds is 4. The summed E-state index contributed by atoms with van der Waals surface area (Å²) in [5, 5.41) is 0. The van der Waals surface area contributed by atoms with Crippen LogP contribution in [-0.2, 0) is 4.79 Å². The maximum atomic E-state index is 11.5. The lowest BCUT2D eigenvalue weighted by molar-refractivity contribution is -0.112. The standard InChI is InChI=1S/C18H20N2O/c21-15-18(16-7-3-1-4-8-16)20-13-11-19(12-14-20)17-9-5-2-6-10-17/h1-10,15,18H,11-14H2. The summed E-state index contributed by atoms with van der Waals surface area (Å²) >= 11 is 0. The van der Waals surface area contributed by atoms with Gasteiger partial charge in [-0.2, -0.15) is 0 Å². The highest BCUT2D eigenvalue weighted by Gasteiger charge is 2.24. The number of carbonyl (C=O) groups is 1. The maximum absolute atomic E-state index is 11.5. The van der Waals surface area contributed by atoms with Gasteiger partial charge in [0.1, 0.15) is 6.29 Å². The number of aldehydes is 1. The number of para-hydroxylation sites is 1. The average molecular weight is 280 g/mol. The van der Waals surface area contributed by atoms with Crippen molar-refractivity contribution < 1.29 is 4.79 Å². The van der Waals surface area contributed by atoms with E-state index in [4.69, 9.17) is 0 Å². The summed E-state index contributed by atoms with van der Waals surface area (Å²) in [5.41, 5.74) is 2.35. The third kappa shape index (κ3) is 3.14. The van der Waals surface area contributed by atoms with E-state index in [-0.39, 0.29) is 6.04 Å². The maximum Gasteiger partial charge on any atom is 0.141 e. The minimum Gasteiger partial charge on any atom is -0.369 e. The molecule has 0 N–H and O–H groups in total. The molecule has 1 aliphatic heterocycles. The Morgan fingerprint density at radius 2 is 1.38 bits per heavy atom. The van der Waals surface area contributed by atoms with E-state index in [9.17, 15) is 4.79 Å². The van der Waals surface area contributed by atoms with Gasteiger partial charge in [-0.1, -0.05) is 48.5 Å². The van der Waals surface area contributed by atoms with Crippen molar-refractivity contribution in [2.75, 3.05) is 31.1 Å². The normalized spacial score (nSPS) is 17.4. The number of nitrogens with zero attached hydrogens (tertiary/aromatic N) is 2. The number of benzene rings is 2. The van der Waals surface area contributed by atoms with Crippen LogP contribution < -0.4 is 4.90 Å². The van der Waals surface area contributed by atoms with Crippen molar-refractivity contribution in [3.05, 3.63) is 66.2 Å². The molecule has 1 heterocycles. The molecule has 2 aromatic rings. The van der Waals surface area contributed by atoms with Crippen molar-refractivity contribution in [2.45, 2.75) is 6.04 Å². The van der Waals surface area contributed by atoms with Crippen LogP contribution >= 0.6 is 0 Å². The van der Waals surface area contributed by atoms with Crippen LogP contribution in [0.15, 0.2) is 60.7 Å². The molecular weight excluding hydrogens is 260 g/mol. The summed E-state index contributed by atoms with van der Waals surface area (Å²) in [6.07, 6.45) is 1.06. The number of carbonyl (C=O) groups excluding carboxylic acids is 1. The van der Waals surface area contributed by atoms with E-state index in [0.717, 1.165) is 38.0 Å². The van der Waals surface area contributed by atoms with Gasteiger partial charge in [0.2, 0.25) is 0 Å². The van der Waals surface area contributed by atoms with Crippen LogP contribution in [0.4, 0.5) is 5.69 Å². The summed E-state index contributed by atoms with van der Waals surface area (Å²) in [5.74, 6) is 0. The van der Waals surface area contributed by atoms with Crippen LogP contribution in [0.3, 0.4) is 0 Å². The van der Waals surface area contributed by atoms with Crippen molar-refractivity contribution in [3.63, 3.8) is 0 Å². The van der Waals surface area contributed by atoms with Crippen LogP contribution in [0.5, 0.6) is 0 Å². The van der Waals surface area contributed by atoms with Crippen molar-refractivity contribution in [1.82, 2.24) is 4.90 Å². The van der Waals surface area contributed by atoms with Crippen LogP contribution in [-0.4, -0.2) is 37.4 Å². The molecule has 0 aromatic heterocycles. The largest absolute Gasteiger partial charge is 0.369 e. The van der Waals surface area contributed by atoms with E-state index >= 15 is 0 Å². The van der Waals surface area contributed by atoms with Gasteiger partial charge in [-0.05, 0) is 17.7 Å². The monoisotopic (exact) mass is 280 g/mol. The van der Waals surface area contributed by atoms with Gasteiger partial charge in [0.15, 0.2) is 0 Å². The molecule has 21 heavy (non-hydrogen) atoms. The molecular formula is C18H20N2O. The van der Waals surface area contributed by atoms with Gasteiger partial charge in [0.05, 0.1) is 6.04 Å². The fourth-order valence-corrected chi connectivity index (χ4v) is 2.92. The van der Waals surface area contributed by atoms with Gasteiger partial charge in [0.25, 0.3) is 0 Å². The second kappa shape index (κ2) is 6.55. The molecule has 2 aromatic carbocycles. The minimum absolute atomic E-state index is 0.121. The third-order valence-electron chi connectivity index (χ3n) is 4.10. The average Bonchev–Trinajstić information content (AvgIpc) is 2.58. The van der Waals surface area contributed by atoms with Crippen LogP contribution in [0.25, 0.3) is 0 Å². The third-order valence-corrected chi connectivity index (χ3v) is 4.10. The highest BCUT2D eigenvalue weighted by Crippen LogP contribution is 2.22. The second-order valence-electron chi connectivity index (χ2n) is 5.35. The molecule has 0 amide bonds. The number of hydrogen-bond donors (Lipinski definition) is 0. The summed E-state index contributed by atoms with van der Waals surface area (Å²) < 4.78 is 0. The highest BCUT2D eigenvalue weighted by atomic mass is 16.1. The number of piperazine rings is 1. The van der Waals surface area contributed by atoms with Gasteiger partial charge >= 0.3 is 0 Å². The predicted octanol–water partition coefficient (Wildman–Crippen LogP) is 2.75. The first kappa shape index (κ1) is 13.8. The quantitative estimate of drug-likeness (QED) is 0.805. The molecule has 1 unspecified atom stereocenters. The number of anilines is 1. The van der Waals surface area contributed by atoms with Crippen molar-refractivity contribution >= 4 is 12.0 Å². The molecule has 0 radical (unpaired) electrons. The lowest BCUT2D eigenvalue weighted by atomic mass is 10.1. The fourth-order valence-electron chi connectivity index (χ4n) is 2.92. The molecule has 3 nitrogen and oxygen atoms in total. The Hall–Kier alpha value is -2.13. The first-order valence-electron chi connectivity index (χ1n) is 7.43. The van der Waals surface area contributed by atoms with E-state index in [1.54, 1.807) is 0 Å². The van der Waals surface area contributed by atoms with Crippen molar-refractivity contribution in [3.8, 4) is 0 Å². The first-order chi connectivity index (χ1) is 10.4. The fraction of sp³-hybridized carbons (Fsp3) is 0.278. The van der Waals surface area contributed by atoms with Gasteiger partial charge in [0, 0.05) is 31.9 Å². The Bertz CT molecular complexity index is 562. The first-order valence-corrected chi connectivity index (χ1v) is 7.43.